The highest BCUT2D eigenvalue weighted by atomic mass is 16.5. The molecule has 1 aliphatic carbocycles. The summed E-state index contributed by atoms with van der Waals surface area (Å²) < 4.78 is 5.04. The molecule has 0 amide bonds. The minimum Gasteiger partial charge on any atom is -0.538 e. The summed E-state index contributed by atoms with van der Waals surface area (Å²) in [5.41, 5.74) is 3.30. The second-order valence-electron chi connectivity index (χ2n) is 4.17. The lowest BCUT2D eigenvalue weighted by Crippen LogP contribution is -2.22. The van der Waals surface area contributed by atoms with Gasteiger partial charge in [-0.2, -0.15) is 0 Å². The lowest BCUT2D eigenvalue weighted by Gasteiger charge is -2.15. The topological polar surface area (TPSA) is 29.5 Å². The Hall–Kier alpha value is -1.22. The molecule has 2 nitrogen and oxygen atoms in total. The number of allylic oxidation sites excluding steroid dienone is 7. The summed E-state index contributed by atoms with van der Waals surface area (Å²) in [6.07, 6.45) is 10.6. The van der Waals surface area contributed by atoms with Crippen LogP contribution in [0.25, 0.3) is 0 Å². The molecule has 0 fully saturated rings. The zero-order chi connectivity index (χ0) is 12.8. The number of hydrogen-bond donors (Lipinski definition) is 1. The predicted octanol–water partition coefficient (Wildman–Crippen LogP) is 3.42. The molecule has 1 N–H and O–H groups in total. The van der Waals surface area contributed by atoms with E-state index in [9.17, 15) is 5.02 Å². The van der Waals surface area contributed by atoms with Crippen molar-refractivity contribution in [1.82, 2.24) is 0 Å². The minimum absolute atomic E-state index is 0.542. The van der Waals surface area contributed by atoms with Crippen LogP contribution < -0.4 is 0 Å². The van der Waals surface area contributed by atoms with E-state index in [1.54, 1.807) is 6.26 Å². The van der Waals surface area contributed by atoms with E-state index in [-0.39, 0.29) is 0 Å². The van der Waals surface area contributed by atoms with Crippen molar-refractivity contribution in [2.45, 2.75) is 34.1 Å². The Balaban J connectivity index is 0.000000686. The molecule has 2 rings (SSSR count). The quantitative estimate of drug-likeness (QED) is 0.702. The molecule has 0 aromatic carbocycles. The van der Waals surface area contributed by atoms with Crippen molar-refractivity contribution < 1.29 is 9.68 Å². The van der Waals surface area contributed by atoms with Crippen LogP contribution in [-0.2, 0) is 4.65 Å². The van der Waals surface area contributed by atoms with Crippen LogP contribution in [0.2, 0.25) is 0 Å². The molecule has 0 unspecified atom stereocenters. The van der Waals surface area contributed by atoms with Gasteiger partial charge < -0.3 is 9.68 Å². The van der Waals surface area contributed by atoms with Gasteiger partial charge in [0.05, 0.1) is 6.26 Å². The van der Waals surface area contributed by atoms with Gasteiger partial charge in [-0.15, -0.1) is 0 Å². The van der Waals surface area contributed by atoms with Gasteiger partial charge in [-0.05, 0) is 24.0 Å². The Morgan fingerprint density at radius 3 is 2.65 bits per heavy atom. The van der Waals surface area contributed by atoms with Gasteiger partial charge in [-0.1, -0.05) is 51.5 Å². The monoisotopic (exact) mass is 232 g/mol. The van der Waals surface area contributed by atoms with E-state index >= 15 is 0 Å². The van der Waals surface area contributed by atoms with Crippen LogP contribution in [0.15, 0.2) is 47.2 Å². The first-order valence-electron chi connectivity index (χ1n) is 6.29. The summed E-state index contributed by atoms with van der Waals surface area (Å²) >= 11 is 0. The molecule has 92 valence electrons. The van der Waals surface area contributed by atoms with Crippen LogP contribution >= 0.6 is 0 Å². The smallest absolute Gasteiger partial charge is 0.538 e. The van der Waals surface area contributed by atoms with E-state index in [0.717, 1.165) is 17.5 Å². The van der Waals surface area contributed by atoms with Gasteiger partial charge in [0.2, 0.25) is 0 Å². The maximum atomic E-state index is 9.64. The highest BCUT2D eigenvalue weighted by Gasteiger charge is 2.26. The predicted molar refractivity (Wildman–Crippen MR) is 73.2 cm³/mol. The van der Waals surface area contributed by atoms with Crippen molar-refractivity contribution in [3.8, 4) is 0 Å². The molecule has 0 aromatic heterocycles. The van der Waals surface area contributed by atoms with Crippen molar-refractivity contribution in [3.05, 3.63) is 47.2 Å². The first kappa shape index (κ1) is 13.8. The standard InChI is InChI=1S/C12H15BO2.C2H6/c1-9(2)10-3-4-11-7-8-15-13(14)12(11)6-5-10;1-2/h4-9,14H,3H2,1-2H3;1-2H3. The Bertz CT molecular complexity index is 376. The largest absolute Gasteiger partial charge is 0.560 e. The zero-order valence-electron chi connectivity index (χ0n) is 11.1. The van der Waals surface area contributed by atoms with Crippen LogP contribution in [-0.4, -0.2) is 12.1 Å². The van der Waals surface area contributed by atoms with E-state index < -0.39 is 7.12 Å². The van der Waals surface area contributed by atoms with E-state index in [1.807, 2.05) is 26.0 Å². The SMILES string of the molecule is CC.CC(C)C1=CC=C2B(O)OC=CC2=CC1. The molecule has 0 radical (unpaired) electrons. The highest BCUT2D eigenvalue weighted by Crippen LogP contribution is 2.26. The molecule has 2 aliphatic rings. The summed E-state index contributed by atoms with van der Waals surface area (Å²) in [5.74, 6) is 0.542. The molecular formula is C14H21BO2. The molecule has 1 aliphatic heterocycles. The summed E-state index contributed by atoms with van der Waals surface area (Å²) in [6, 6.07) is 0. The fourth-order valence-electron chi connectivity index (χ4n) is 1.78. The van der Waals surface area contributed by atoms with Crippen molar-refractivity contribution in [1.29, 1.82) is 0 Å². The summed E-state index contributed by atoms with van der Waals surface area (Å²) in [7, 11) is -0.816. The average molecular weight is 232 g/mol. The van der Waals surface area contributed by atoms with Crippen LogP contribution in [0.5, 0.6) is 0 Å². The van der Waals surface area contributed by atoms with Gasteiger partial charge >= 0.3 is 7.12 Å². The number of fused-ring (bicyclic) bond motifs is 1. The fourth-order valence-corrected chi connectivity index (χ4v) is 1.78. The number of hydrogen-bond acceptors (Lipinski definition) is 2. The van der Waals surface area contributed by atoms with Crippen LogP contribution in [0.4, 0.5) is 0 Å². The maximum Gasteiger partial charge on any atom is 0.560 e. The minimum atomic E-state index is -0.816. The summed E-state index contributed by atoms with van der Waals surface area (Å²) in [4.78, 5) is 0. The van der Waals surface area contributed by atoms with Gasteiger partial charge in [0.1, 0.15) is 0 Å². The third-order valence-corrected chi connectivity index (χ3v) is 2.83. The first-order valence-corrected chi connectivity index (χ1v) is 6.29. The first-order chi connectivity index (χ1) is 8.18. The van der Waals surface area contributed by atoms with Crippen molar-refractivity contribution in [3.63, 3.8) is 0 Å². The molecule has 0 saturated carbocycles. The van der Waals surface area contributed by atoms with Gasteiger partial charge in [-0.3, -0.25) is 0 Å². The third kappa shape index (κ3) is 3.37. The molecular weight excluding hydrogens is 211 g/mol. The van der Waals surface area contributed by atoms with Gasteiger partial charge in [0.15, 0.2) is 0 Å². The fraction of sp³-hybridized carbons (Fsp3) is 0.429. The van der Waals surface area contributed by atoms with E-state index in [1.165, 1.54) is 5.57 Å². The van der Waals surface area contributed by atoms with Crippen molar-refractivity contribution in [2.24, 2.45) is 5.92 Å². The average Bonchev–Trinajstić information content (AvgIpc) is 2.55. The molecule has 0 aromatic rings. The van der Waals surface area contributed by atoms with Crippen molar-refractivity contribution in [2.75, 3.05) is 0 Å². The highest BCUT2D eigenvalue weighted by molar-refractivity contribution is 6.54. The second kappa shape index (κ2) is 6.50. The van der Waals surface area contributed by atoms with E-state index in [0.29, 0.717) is 5.92 Å². The Morgan fingerprint density at radius 1 is 1.29 bits per heavy atom. The van der Waals surface area contributed by atoms with E-state index in [2.05, 4.69) is 26.0 Å². The third-order valence-electron chi connectivity index (χ3n) is 2.83. The van der Waals surface area contributed by atoms with Crippen LogP contribution in [0.3, 0.4) is 0 Å². The van der Waals surface area contributed by atoms with Crippen LogP contribution in [0.1, 0.15) is 34.1 Å². The molecule has 0 bridgehead atoms. The number of rotatable bonds is 1. The maximum absolute atomic E-state index is 9.64. The summed E-state index contributed by atoms with van der Waals surface area (Å²) in [6.45, 7) is 8.36. The molecule has 0 atom stereocenters. The Morgan fingerprint density at radius 2 is 2.00 bits per heavy atom. The van der Waals surface area contributed by atoms with Gasteiger partial charge in [0, 0.05) is 5.47 Å². The van der Waals surface area contributed by atoms with Gasteiger partial charge in [0.25, 0.3) is 0 Å². The van der Waals surface area contributed by atoms with Crippen LogP contribution in [0, 0.1) is 5.92 Å². The molecule has 1 heterocycles. The zero-order valence-corrected chi connectivity index (χ0v) is 11.1. The lowest BCUT2D eigenvalue weighted by molar-refractivity contribution is 0.377. The Kier molecular flexibility index (Phi) is 5.30. The molecule has 3 heteroatoms. The second-order valence-corrected chi connectivity index (χ2v) is 4.17. The summed E-state index contributed by atoms with van der Waals surface area (Å²) in [5, 5.41) is 9.64. The molecule has 17 heavy (non-hydrogen) atoms. The van der Waals surface area contributed by atoms with E-state index in [4.69, 9.17) is 4.65 Å². The van der Waals surface area contributed by atoms with Gasteiger partial charge in [-0.25, -0.2) is 0 Å². The van der Waals surface area contributed by atoms with Crippen molar-refractivity contribution >= 4 is 7.12 Å². The molecule has 0 spiro atoms. The molecule has 0 saturated heterocycles. The Labute approximate surface area is 105 Å². The lowest BCUT2D eigenvalue weighted by atomic mass is 9.72. The normalized spacial score (nSPS) is 18.0.